The fourth-order valence-corrected chi connectivity index (χ4v) is 5.71. The van der Waals surface area contributed by atoms with Crippen molar-refractivity contribution in [2.45, 2.75) is 13.8 Å². The van der Waals surface area contributed by atoms with Crippen LogP contribution >= 0.6 is 58.3 Å². The molecule has 0 bridgehead atoms. The van der Waals surface area contributed by atoms with Crippen molar-refractivity contribution in [1.82, 2.24) is 9.88 Å². The van der Waals surface area contributed by atoms with Crippen LogP contribution < -0.4 is 14.4 Å². The summed E-state index contributed by atoms with van der Waals surface area (Å²) in [4.78, 5) is 22.1. The summed E-state index contributed by atoms with van der Waals surface area (Å²) in [5.41, 5.74) is 1.17. The quantitative estimate of drug-likeness (QED) is 0.390. The highest BCUT2D eigenvalue weighted by molar-refractivity contribution is 7.22. The molecule has 0 aliphatic carbocycles. The second-order valence-electron chi connectivity index (χ2n) is 6.68. The summed E-state index contributed by atoms with van der Waals surface area (Å²) in [7, 11) is 0. The first-order chi connectivity index (χ1) is 14.5. The molecule has 0 N–H and O–H groups in total. The van der Waals surface area contributed by atoms with Gasteiger partial charge in [0.05, 0.1) is 20.1 Å². The molecule has 31 heavy (non-hydrogen) atoms. The van der Waals surface area contributed by atoms with Crippen molar-refractivity contribution in [2.24, 2.45) is 0 Å². The molecule has 0 radical (unpaired) electrons. The minimum atomic E-state index is -0.202. The third-order valence-electron chi connectivity index (χ3n) is 4.94. The van der Waals surface area contributed by atoms with E-state index in [1.54, 1.807) is 11.0 Å². The van der Waals surface area contributed by atoms with Crippen LogP contribution in [0.4, 0.5) is 5.13 Å². The molecule has 0 spiro atoms. The van der Waals surface area contributed by atoms with E-state index in [-0.39, 0.29) is 18.3 Å². The number of ether oxygens (including phenoxy) is 2. The Labute approximate surface area is 205 Å². The first kappa shape index (κ1) is 24.4. The third kappa shape index (κ3) is 5.21. The molecule has 4 rings (SSSR count). The van der Waals surface area contributed by atoms with Gasteiger partial charge in [-0.15, -0.1) is 23.7 Å². The van der Waals surface area contributed by atoms with Gasteiger partial charge in [-0.1, -0.05) is 48.4 Å². The van der Waals surface area contributed by atoms with Crippen LogP contribution in [-0.2, 0) is 0 Å². The zero-order valence-electron chi connectivity index (χ0n) is 17.0. The fourth-order valence-electron chi connectivity index (χ4n) is 3.26. The molecule has 1 aromatic carbocycles. The Bertz CT molecular complexity index is 1030. The lowest BCUT2D eigenvalue weighted by atomic mass is 10.3. The highest BCUT2D eigenvalue weighted by Crippen LogP contribution is 2.40. The van der Waals surface area contributed by atoms with Crippen molar-refractivity contribution < 1.29 is 14.3 Å². The molecule has 1 aliphatic rings. The van der Waals surface area contributed by atoms with Crippen molar-refractivity contribution in [3.05, 3.63) is 32.4 Å². The summed E-state index contributed by atoms with van der Waals surface area (Å²) in [6.07, 6.45) is 0. The fraction of sp³-hybridized carbons (Fsp3) is 0.400. The maximum absolute atomic E-state index is 13.4. The van der Waals surface area contributed by atoms with Gasteiger partial charge in [-0.25, -0.2) is 4.98 Å². The molecule has 11 heteroatoms. The van der Waals surface area contributed by atoms with E-state index in [4.69, 9.17) is 37.7 Å². The van der Waals surface area contributed by atoms with Crippen molar-refractivity contribution in [3.8, 4) is 11.5 Å². The Morgan fingerprint density at radius 2 is 1.74 bits per heavy atom. The number of thiophene rings is 1. The van der Waals surface area contributed by atoms with E-state index in [1.165, 1.54) is 22.7 Å². The second-order valence-corrected chi connectivity index (χ2v) is 9.98. The molecule has 2 aromatic heterocycles. The van der Waals surface area contributed by atoms with Gasteiger partial charge < -0.3 is 14.4 Å². The number of anilines is 1. The number of aromatic nitrogens is 1. The van der Waals surface area contributed by atoms with E-state index >= 15 is 0 Å². The lowest BCUT2D eigenvalue weighted by Crippen LogP contribution is -2.38. The lowest BCUT2D eigenvalue weighted by Gasteiger charge is -2.24. The number of benzene rings is 1. The maximum Gasteiger partial charge on any atom is 0.262 e. The van der Waals surface area contributed by atoms with Gasteiger partial charge in [0.15, 0.2) is 16.6 Å². The Morgan fingerprint density at radius 3 is 2.35 bits per heavy atom. The number of fused-ring (bicyclic) bond motifs is 2. The topological polar surface area (TPSA) is 54.9 Å². The number of halogens is 3. The summed E-state index contributed by atoms with van der Waals surface area (Å²) in [6, 6.07) is 5.41. The summed E-state index contributed by atoms with van der Waals surface area (Å²) in [5.74, 6) is 1.18. The molecule has 168 valence electrons. The highest BCUT2D eigenvalue weighted by atomic mass is 35.5. The van der Waals surface area contributed by atoms with Gasteiger partial charge in [-0.2, -0.15) is 0 Å². The van der Waals surface area contributed by atoms with Gasteiger partial charge in [-0.3, -0.25) is 9.69 Å². The average molecular weight is 523 g/mol. The molecule has 0 fully saturated rings. The van der Waals surface area contributed by atoms with Crippen molar-refractivity contribution >= 4 is 79.5 Å². The van der Waals surface area contributed by atoms with Crippen LogP contribution in [0.1, 0.15) is 24.2 Å². The number of hydrogen-bond acceptors (Lipinski definition) is 7. The van der Waals surface area contributed by atoms with E-state index in [0.717, 1.165) is 29.9 Å². The number of hydrogen-bond donors (Lipinski definition) is 0. The van der Waals surface area contributed by atoms with Crippen LogP contribution in [-0.4, -0.2) is 55.2 Å². The number of rotatable bonds is 7. The van der Waals surface area contributed by atoms with Gasteiger partial charge in [0.2, 0.25) is 0 Å². The van der Waals surface area contributed by atoms with Crippen LogP contribution in [0.25, 0.3) is 10.2 Å². The predicted molar refractivity (Wildman–Crippen MR) is 132 cm³/mol. The van der Waals surface area contributed by atoms with Gasteiger partial charge in [0, 0.05) is 25.2 Å². The summed E-state index contributed by atoms with van der Waals surface area (Å²) < 4.78 is 13.2. The number of nitrogens with zero attached hydrogens (tertiary/aromatic N) is 3. The zero-order valence-corrected chi connectivity index (χ0v) is 21.0. The SMILES string of the molecule is CCN(CC)CCN(C(=O)c1cc(Cl)sc1Cl)c1nc2cc3c(cc2s1)OCCO3.Cl. The molecule has 1 aliphatic heterocycles. The first-order valence-electron chi connectivity index (χ1n) is 9.69. The van der Waals surface area contributed by atoms with Crippen molar-refractivity contribution in [1.29, 1.82) is 0 Å². The van der Waals surface area contributed by atoms with Gasteiger partial charge in [0.1, 0.15) is 17.6 Å². The van der Waals surface area contributed by atoms with Gasteiger partial charge in [0.25, 0.3) is 5.91 Å². The average Bonchev–Trinajstić information content (AvgIpc) is 3.30. The van der Waals surface area contributed by atoms with E-state index < -0.39 is 0 Å². The van der Waals surface area contributed by atoms with E-state index in [2.05, 4.69) is 18.7 Å². The van der Waals surface area contributed by atoms with Crippen molar-refractivity contribution in [3.63, 3.8) is 0 Å². The Balaban J connectivity index is 0.00000272. The molecular weight excluding hydrogens is 501 g/mol. The van der Waals surface area contributed by atoms with Crippen LogP contribution in [0.15, 0.2) is 18.2 Å². The largest absolute Gasteiger partial charge is 0.486 e. The lowest BCUT2D eigenvalue weighted by molar-refractivity contribution is 0.0984. The van der Waals surface area contributed by atoms with E-state index in [9.17, 15) is 4.79 Å². The monoisotopic (exact) mass is 521 g/mol. The van der Waals surface area contributed by atoms with Crippen LogP contribution in [0.2, 0.25) is 8.67 Å². The number of carbonyl (C=O) groups excluding carboxylic acids is 1. The smallest absolute Gasteiger partial charge is 0.262 e. The molecule has 1 amide bonds. The standard InChI is InChI=1S/C20H21Cl2N3O3S2.ClH/c1-3-24(4-2)5-6-25(19(26)12-9-17(21)30-18(12)22)20-23-13-10-14-15(11-16(13)29-20)28-8-7-27-14;/h9-11H,3-8H2,1-2H3;1H. The zero-order chi connectivity index (χ0) is 21.3. The minimum absolute atomic E-state index is 0. The molecule has 3 heterocycles. The molecule has 0 saturated heterocycles. The summed E-state index contributed by atoms with van der Waals surface area (Å²) in [6.45, 7) is 8.29. The van der Waals surface area contributed by atoms with Crippen LogP contribution in [0.3, 0.4) is 0 Å². The normalized spacial score (nSPS) is 12.8. The van der Waals surface area contributed by atoms with Gasteiger partial charge >= 0.3 is 0 Å². The third-order valence-corrected chi connectivity index (χ3v) is 7.47. The number of thiazole rings is 1. The summed E-state index contributed by atoms with van der Waals surface area (Å²) >= 11 is 15.0. The Kier molecular flexibility index (Phi) is 8.29. The minimum Gasteiger partial charge on any atom is -0.486 e. The predicted octanol–water partition coefficient (Wildman–Crippen LogP) is 5.85. The molecule has 0 saturated carbocycles. The highest BCUT2D eigenvalue weighted by Gasteiger charge is 2.26. The molecule has 3 aromatic rings. The Hall–Kier alpha value is -1.29. The Morgan fingerprint density at radius 1 is 1.06 bits per heavy atom. The van der Waals surface area contributed by atoms with Crippen molar-refractivity contribution in [2.75, 3.05) is 44.3 Å². The molecule has 0 atom stereocenters. The number of amides is 1. The summed E-state index contributed by atoms with van der Waals surface area (Å²) in [5, 5.41) is 0.614. The van der Waals surface area contributed by atoms with Crippen LogP contribution in [0, 0.1) is 0 Å². The molecule has 6 nitrogen and oxygen atoms in total. The van der Waals surface area contributed by atoms with Crippen LogP contribution in [0.5, 0.6) is 11.5 Å². The van der Waals surface area contributed by atoms with E-state index in [0.29, 0.717) is 50.6 Å². The van der Waals surface area contributed by atoms with Gasteiger partial charge in [-0.05, 0) is 19.2 Å². The maximum atomic E-state index is 13.4. The molecular formula is C20H22Cl3N3O3S2. The van der Waals surface area contributed by atoms with E-state index in [1.807, 2.05) is 12.1 Å². The number of carbonyl (C=O) groups is 1. The first-order valence-corrected chi connectivity index (χ1v) is 12.1. The second kappa shape index (κ2) is 10.6. The molecule has 0 unspecified atom stereocenters. The number of likely N-dealkylation sites (N-methyl/N-ethyl adjacent to an activating group) is 1.